The predicted octanol–water partition coefficient (Wildman–Crippen LogP) is 0.310. The fraction of sp³-hybridized carbons (Fsp3) is 0.625. The maximum Gasteiger partial charge on any atom is 0.309 e. The summed E-state index contributed by atoms with van der Waals surface area (Å²) in [7, 11) is 1.42. The van der Waals surface area contributed by atoms with Gasteiger partial charge in [-0.1, -0.05) is 12.2 Å². The second-order valence-corrected chi connectivity index (χ2v) is 2.69. The van der Waals surface area contributed by atoms with Gasteiger partial charge in [0.2, 0.25) is 0 Å². The van der Waals surface area contributed by atoms with Gasteiger partial charge in [0, 0.05) is 6.54 Å². The van der Waals surface area contributed by atoms with E-state index in [1.165, 1.54) is 7.11 Å². The van der Waals surface area contributed by atoms with Crippen molar-refractivity contribution in [2.45, 2.75) is 6.42 Å². The number of hydrogen-bond donors (Lipinski definition) is 1. The number of esters is 1. The lowest BCUT2D eigenvalue weighted by atomic mass is 10.3. The molecule has 3 nitrogen and oxygen atoms in total. The molecule has 0 unspecified atom stereocenters. The Kier molecular flexibility index (Phi) is 2.65. The molecule has 1 aliphatic carbocycles. The van der Waals surface area contributed by atoms with Crippen molar-refractivity contribution in [1.29, 1.82) is 0 Å². The molecule has 1 aliphatic rings. The summed E-state index contributed by atoms with van der Waals surface area (Å²) in [6.07, 6.45) is 4.79. The molecule has 0 radical (unpaired) electrons. The average Bonchev–Trinajstić information content (AvgIpc) is 2.78. The summed E-state index contributed by atoms with van der Waals surface area (Å²) in [5, 5.41) is 0. The molecule has 62 valence electrons. The molecule has 1 rings (SSSR count). The maximum absolute atomic E-state index is 10.9. The van der Waals surface area contributed by atoms with Crippen LogP contribution in [0.3, 0.4) is 0 Å². The first-order valence-corrected chi connectivity index (χ1v) is 3.74. The molecular weight excluding hydrogens is 142 g/mol. The molecule has 0 aromatic carbocycles. The largest absolute Gasteiger partial charge is 0.469 e. The Balaban J connectivity index is 2.26. The van der Waals surface area contributed by atoms with Crippen LogP contribution in [0.5, 0.6) is 0 Å². The van der Waals surface area contributed by atoms with Crippen LogP contribution in [0.25, 0.3) is 0 Å². The van der Waals surface area contributed by atoms with Gasteiger partial charge < -0.3 is 10.5 Å². The Hall–Kier alpha value is -0.830. The third-order valence-electron chi connectivity index (χ3n) is 1.86. The fourth-order valence-corrected chi connectivity index (χ4v) is 1.10. The highest BCUT2D eigenvalue weighted by molar-refractivity contribution is 5.76. The molecule has 0 aliphatic heterocycles. The Morgan fingerprint density at radius 3 is 3.09 bits per heavy atom. The van der Waals surface area contributed by atoms with E-state index in [2.05, 4.69) is 4.74 Å². The molecule has 0 amide bonds. The number of methoxy groups -OCH3 is 1. The molecule has 0 heterocycles. The highest BCUT2D eigenvalue weighted by Gasteiger charge is 2.41. The van der Waals surface area contributed by atoms with Crippen molar-refractivity contribution in [2.75, 3.05) is 13.7 Å². The molecule has 0 saturated heterocycles. The van der Waals surface area contributed by atoms with E-state index in [1.807, 2.05) is 12.2 Å². The molecule has 2 N–H and O–H groups in total. The third-order valence-corrected chi connectivity index (χ3v) is 1.86. The van der Waals surface area contributed by atoms with Crippen LogP contribution in [-0.2, 0) is 9.53 Å². The molecular formula is C8H13NO2. The quantitative estimate of drug-likeness (QED) is 0.471. The van der Waals surface area contributed by atoms with Gasteiger partial charge in [0.05, 0.1) is 13.0 Å². The van der Waals surface area contributed by atoms with Crippen LogP contribution in [0.4, 0.5) is 0 Å². The zero-order valence-electron chi connectivity index (χ0n) is 6.62. The average molecular weight is 155 g/mol. The van der Waals surface area contributed by atoms with Crippen LogP contribution in [-0.4, -0.2) is 19.6 Å². The molecule has 1 saturated carbocycles. The first-order valence-electron chi connectivity index (χ1n) is 3.74. The lowest BCUT2D eigenvalue weighted by Crippen LogP contribution is -2.03. The third kappa shape index (κ3) is 2.05. The molecule has 3 heteroatoms. The summed E-state index contributed by atoms with van der Waals surface area (Å²) in [4.78, 5) is 10.9. The first-order chi connectivity index (χ1) is 5.29. The van der Waals surface area contributed by atoms with Crippen molar-refractivity contribution in [1.82, 2.24) is 0 Å². The Morgan fingerprint density at radius 2 is 2.55 bits per heavy atom. The number of carbonyl (C=O) groups excluding carboxylic acids is 1. The van der Waals surface area contributed by atoms with Crippen molar-refractivity contribution >= 4 is 5.97 Å². The molecule has 1 fully saturated rings. The second kappa shape index (κ2) is 3.53. The number of hydrogen-bond acceptors (Lipinski definition) is 3. The minimum Gasteiger partial charge on any atom is -0.469 e. The number of allylic oxidation sites excluding steroid dienone is 1. The summed E-state index contributed by atoms with van der Waals surface area (Å²) >= 11 is 0. The standard InChI is InChI=1S/C8H13NO2/c1-11-8(10)7-5-6(7)3-2-4-9/h2-3,6-7H,4-5,9H2,1H3/b3-2+/t6-,7-/m1/s1. The number of carbonyl (C=O) groups is 1. The molecule has 0 bridgehead atoms. The Bertz CT molecular complexity index is 177. The van der Waals surface area contributed by atoms with Crippen LogP contribution in [0, 0.1) is 11.8 Å². The summed E-state index contributed by atoms with van der Waals surface area (Å²) in [5.41, 5.74) is 5.26. The Morgan fingerprint density at radius 1 is 1.82 bits per heavy atom. The highest BCUT2D eigenvalue weighted by Crippen LogP contribution is 2.40. The van der Waals surface area contributed by atoms with Gasteiger partial charge in [0.15, 0.2) is 0 Å². The highest BCUT2D eigenvalue weighted by atomic mass is 16.5. The van der Waals surface area contributed by atoms with Crippen molar-refractivity contribution in [3.05, 3.63) is 12.2 Å². The molecule has 0 aromatic heterocycles. The second-order valence-electron chi connectivity index (χ2n) is 2.69. The van der Waals surface area contributed by atoms with Gasteiger partial charge in [-0.3, -0.25) is 4.79 Å². The van der Waals surface area contributed by atoms with E-state index >= 15 is 0 Å². The fourth-order valence-electron chi connectivity index (χ4n) is 1.10. The van der Waals surface area contributed by atoms with Crippen LogP contribution < -0.4 is 5.73 Å². The van der Waals surface area contributed by atoms with Crippen molar-refractivity contribution in [2.24, 2.45) is 17.6 Å². The van der Waals surface area contributed by atoms with E-state index in [0.29, 0.717) is 12.5 Å². The van der Waals surface area contributed by atoms with Crippen LogP contribution in [0.1, 0.15) is 6.42 Å². The van der Waals surface area contributed by atoms with Gasteiger partial charge in [-0.25, -0.2) is 0 Å². The van der Waals surface area contributed by atoms with Gasteiger partial charge >= 0.3 is 5.97 Å². The van der Waals surface area contributed by atoms with Crippen LogP contribution in [0.15, 0.2) is 12.2 Å². The van der Waals surface area contributed by atoms with E-state index in [1.54, 1.807) is 0 Å². The van der Waals surface area contributed by atoms with Gasteiger partial charge in [-0.2, -0.15) is 0 Å². The zero-order chi connectivity index (χ0) is 8.27. The SMILES string of the molecule is COC(=O)[C@@H]1C[C@H]1/C=C/CN. The van der Waals surface area contributed by atoms with E-state index in [4.69, 9.17) is 5.73 Å². The lowest BCUT2D eigenvalue weighted by molar-refractivity contribution is -0.142. The normalized spacial score (nSPS) is 28.9. The summed E-state index contributed by atoms with van der Waals surface area (Å²) in [6, 6.07) is 0. The van der Waals surface area contributed by atoms with Crippen molar-refractivity contribution < 1.29 is 9.53 Å². The van der Waals surface area contributed by atoms with Crippen molar-refractivity contribution in [3.63, 3.8) is 0 Å². The number of nitrogens with two attached hydrogens (primary N) is 1. The van der Waals surface area contributed by atoms with Crippen LogP contribution in [0.2, 0.25) is 0 Å². The molecule has 2 atom stereocenters. The Labute approximate surface area is 66.2 Å². The number of ether oxygens (including phenoxy) is 1. The van der Waals surface area contributed by atoms with E-state index in [-0.39, 0.29) is 11.9 Å². The van der Waals surface area contributed by atoms with Gasteiger partial charge in [-0.15, -0.1) is 0 Å². The van der Waals surface area contributed by atoms with Gasteiger partial charge in [0.25, 0.3) is 0 Å². The smallest absolute Gasteiger partial charge is 0.309 e. The minimum absolute atomic E-state index is 0.0998. The topological polar surface area (TPSA) is 52.3 Å². The molecule has 0 spiro atoms. The van der Waals surface area contributed by atoms with Gasteiger partial charge in [0.1, 0.15) is 0 Å². The molecule has 11 heavy (non-hydrogen) atoms. The first kappa shape index (κ1) is 8.27. The lowest BCUT2D eigenvalue weighted by Gasteiger charge is -1.92. The summed E-state index contributed by atoms with van der Waals surface area (Å²) in [6.45, 7) is 0.546. The minimum atomic E-state index is -0.100. The predicted molar refractivity (Wildman–Crippen MR) is 41.8 cm³/mol. The zero-order valence-corrected chi connectivity index (χ0v) is 6.62. The van der Waals surface area contributed by atoms with Crippen molar-refractivity contribution in [3.8, 4) is 0 Å². The summed E-state index contributed by atoms with van der Waals surface area (Å²) in [5.74, 6) is 0.380. The van der Waals surface area contributed by atoms with Gasteiger partial charge in [-0.05, 0) is 12.3 Å². The number of rotatable bonds is 3. The van der Waals surface area contributed by atoms with E-state index < -0.39 is 0 Å². The summed E-state index contributed by atoms with van der Waals surface area (Å²) < 4.78 is 4.58. The maximum atomic E-state index is 10.9. The van der Waals surface area contributed by atoms with E-state index in [0.717, 1.165) is 6.42 Å². The van der Waals surface area contributed by atoms with Crippen LogP contribution >= 0.6 is 0 Å². The molecule has 0 aromatic rings. The van der Waals surface area contributed by atoms with E-state index in [9.17, 15) is 4.79 Å². The monoisotopic (exact) mass is 155 g/mol.